The Kier molecular flexibility index (Phi) is 5.60. The van der Waals surface area contributed by atoms with E-state index in [0.29, 0.717) is 10.7 Å². The van der Waals surface area contributed by atoms with Crippen molar-refractivity contribution in [1.82, 2.24) is 9.97 Å². The topological polar surface area (TPSA) is 52.1 Å². The molecule has 0 bridgehead atoms. The molecular weight excluding hydrogens is 364 g/mol. The van der Waals surface area contributed by atoms with Crippen LogP contribution in [-0.2, 0) is 29.0 Å². The minimum absolute atomic E-state index is 0.145. The highest BCUT2D eigenvalue weighted by atomic mass is 35.5. The van der Waals surface area contributed by atoms with Crippen LogP contribution in [0, 0.1) is 0 Å². The van der Waals surface area contributed by atoms with Crippen molar-refractivity contribution in [2.24, 2.45) is 0 Å². The maximum absolute atomic E-state index is 12.0. The first-order valence-corrected chi connectivity index (χ1v) is 9.57. The molecule has 0 spiro atoms. The zero-order chi connectivity index (χ0) is 16.9. The van der Waals surface area contributed by atoms with Gasteiger partial charge in [0.25, 0.3) is 0 Å². The molecule has 7 heteroatoms. The number of esters is 1. The fourth-order valence-corrected chi connectivity index (χ4v) is 3.95. The van der Waals surface area contributed by atoms with Gasteiger partial charge in [0.15, 0.2) is 0 Å². The lowest BCUT2D eigenvalue weighted by atomic mass is 10.2. The molecule has 1 aromatic carbocycles. The molecule has 2 heterocycles. The number of rotatable bonds is 6. The Morgan fingerprint density at radius 1 is 1.17 bits per heavy atom. The molecule has 0 aliphatic carbocycles. The largest absolute Gasteiger partial charge is 0.459 e. The summed E-state index contributed by atoms with van der Waals surface area (Å²) in [6, 6.07) is 7.52. The predicted molar refractivity (Wildman–Crippen MR) is 97.6 cm³/mol. The second kappa shape index (κ2) is 7.88. The average Bonchev–Trinajstić information content (AvgIpc) is 3.22. The van der Waals surface area contributed by atoms with E-state index in [9.17, 15) is 4.79 Å². The Bertz CT molecular complexity index is 844. The number of benzene rings is 1. The Morgan fingerprint density at radius 2 is 1.96 bits per heavy atom. The summed E-state index contributed by atoms with van der Waals surface area (Å²) in [5.74, 6) is -0.308. The van der Waals surface area contributed by atoms with Gasteiger partial charge in [0.2, 0.25) is 0 Å². The van der Waals surface area contributed by atoms with E-state index in [1.54, 1.807) is 11.3 Å². The van der Waals surface area contributed by atoms with E-state index in [-0.39, 0.29) is 19.0 Å². The van der Waals surface area contributed by atoms with Crippen LogP contribution in [-0.4, -0.2) is 15.9 Å². The van der Waals surface area contributed by atoms with E-state index in [1.807, 2.05) is 41.9 Å². The number of hydrogen-bond acceptors (Lipinski definition) is 6. The van der Waals surface area contributed by atoms with Crippen molar-refractivity contribution in [3.8, 4) is 10.6 Å². The van der Waals surface area contributed by atoms with Gasteiger partial charge in [-0.05, 0) is 12.5 Å². The molecule has 0 saturated heterocycles. The SMILES string of the molecule is CCc1nc(COC(=O)Cc2csc(-c3ccccc3Cl)n2)cs1. The maximum Gasteiger partial charge on any atom is 0.312 e. The molecule has 0 aliphatic heterocycles. The fourth-order valence-electron chi connectivity index (χ4n) is 2.08. The lowest BCUT2D eigenvalue weighted by Gasteiger charge is -2.01. The van der Waals surface area contributed by atoms with Crippen LogP contribution in [0.1, 0.15) is 23.3 Å². The number of thiazole rings is 2. The van der Waals surface area contributed by atoms with Crippen LogP contribution >= 0.6 is 34.3 Å². The number of aromatic nitrogens is 2. The summed E-state index contributed by atoms with van der Waals surface area (Å²) >= 11 is 9.22. The summed E-state index contributed by atoms with van der Waals surface area (Å²) < 4.78 is 5.27. The number of carbonyl (C=O) groups is 1. The van der Waals surface area contributed by atoms with Crippen LogP contribution in [0.25, 0.3) is 10.6 Å². The Balaban J connectivity index is 1.58. The van der Waals surface area contributed by atoms with E-state index < -0.39 is 0 Å². The van der Waals surface area contributed by atoms with Gasteiger partial charge in [-0.2, -0.15) is 0 Å². The van der Waals surface area contributed by atoms with Crippen LogP contribution in [0.2, 0.25) is 5.02 Å². The number of carbonyl (C=O) groups excluding carboxylic acids is 1. The number of aryl methyl sites for hydroxylation is 1. The van der Waals surface area contributed by atoms with Crippen molar-refractivity contribution >= 4 is 40.2 Å². The van der Waals surface area contributed by atoms with E-state index in [1.165, 1.54) is 11.3 Å². The van der Waals surface area contributed by atoms with Crippen molar-refractivity contribution in [2.45, 2.75) is 26.4 Å². The van der Waals surface area contributed by atoms with Gasteiger partial charge < -0.3 is 4.74 Å². The number of halogens is 1. The summed E-state index contributed by atoms with van der Waals surface area (Å²) in [6.07, 6.45) is 1.04. The molecule has 0 N–H and O–H groups in total. The Morgan fingerprint density at radius 3 is 2.71 bits per heavy atom. The quantitative estimate of drug-likeness (QED) is 0.580. The molecular formula is C17H15ClN2O2S2. The molecule has 24 heavy (non-hydrogen) atoms. The third-order valence-electron chi connectivity index (χ3n) is 3.26. The maximum atomic E-state index is 12.0. The van der Waals surface area contributed by atoms with Crippen LogP contribution in [0.3, 0.4) is 0 Å². The molecule has 0 unspecified atom stereocenters. The fraction of sp³-hybridized carbons (Fsp3) is 0.235. The standard InChI is InChI=1S/C17H15ClN2O2S2/c1-2-15-19-12(10-23-15)8-22-16(21)7-11-9-24-17(20-11)13-5-3-4-6-14(13)18/h3-6,9-10H,2,7-8H2,1H3. The molecule has 0 atom stereocenters. The zero-order valence-corrected chi connectivity index (χ0v) is 15.4. The summed E-state index contributed by atoms with van der Waals surface area (Å²) in [4.78, 5) is 20.8. The van der Waals surface area contributed by atoms with Crippen molar-refractivity contribution in [3.05, 3.63) is 56.4 Å². The third kappa shape index (κ3) is 4.20. The van der Waals surface area contributed by atoms with Gasteiger partial charge in [-0.25, -0.2) is 9.97 Å². The summed E-state index contributed by atoms with van der Waals surface area (Å²) in [7, 11) is 0. The molecule has 0 saturated carbocycles. The van der Waals surface area contributed by atoms with Gasteiger partial charge in [-0.15, -0.1) is 22.7 Å². The first kappa shape index (κ1) is 17.1. The Labute approximate surface area is 153 Å². The van der Waals surface area contributed by atoms with E-state index in [4.69, 9.17) is 16.3 Å². The van der Waals surface area contributed by atoms with Crippen molar-refractivity contribution in [2.75, 3.05) is 0 Å². The summed E-state index contributed by atoms with van der Waals surface area (Å²) in [5.41, 5.74) is 2.35. The zero-order valence-electron chi connectivity index (χ0n) is 13.0. The second-order valence-electron chi connectivity index (χ2n) is 5.05. The normalized spacial score (nSPS) is 10.8. The number of nitrogens with zero attached hydrogens (tertiary/aromatic N) is 2. The third-order valence-corrected chi connectivity index (χ3v) is 5.56. The molecule has 124 valence electrons. The summed E-state index contributed by atoms with van der Waals surface area (Å²) in [5, 5.41) is 6.28. The lowest BCUT2D eigenvalue weighted by Crippen LogP contribution is -2.08. The van der Waals surface area contributed by atoms with Gasteiger partial charge >= 0.3 is 5.97 Å². The Hall–Kier alpha value is -1.76. The first-order chi connectivity index (χ1) is 11.7. The highest BCUT2D eigenvalue weighted by Gasteiger charge is 2.12. The lowest BCUT2D eigenvalue weighted by molar-refractivity contribution is -0.144. The van der Waals surface area contributed by atoms with Gasteiger partial charge in [-0.3, -0.25) is 4.79 Å². The molecule has 0 aliphatic rings. The molecule has 3 aromatic rings. The molecule has 0 radical (unpaired) electrons. The molecule has 3 rings (SSSR count). The smallest absolute Gasteiger partial charge is 0.312 e. The summed E-state index contributed by atoms with van der Waals surface area (Å²) in [6.45, 7) is 2.25. The molecule has 2 aromatic heterocycles. The van der Waals surface area contributed by atoms with Crippen molar-refractivity contribution < 1.29 is 9.53 Å². The highest BCUT2D eigenvalue weighted by molar-refractivity contribution is 7.13. The van der Waals surface area contributed by atoms with Gasteiger partial charge in [0, 0.05) is 16.3 Å². The van der Waals surface area contributed by atoms with E-state index in [0.717, 1.165) is 27.7 Å². The van der Waals surface area contributed by atoms with Crippen LogP contribution in [0.15, 0.2) is 35.0 Å². The minimum Gasteiger partial charge on any atom is -0.459 e. The first-order valence-electron chi connectivity index (χ1n) is 7.44. The van der Waals surface area contributed by atoms with E-state index >= 15 is 0 Å². The highest BCUT2D eigenvalue weighted by Crippen LogP contribution is 2.30. The van der Waals surface area contributed by atoms with E-state index in [2.05, 4.69) is 9.97 Å². The van der Waals surface area contributed by atoms with Crippen molar-refractivity contribution in [1.29, 1.82) is 0 Å². The predicted octanol–water partition coefficient (Wildman–Crippen LogP) is 4.77. The van der Waals surface area contributed by atoms with Gasteiger partial charge in [-0.1, -0.05) is 36.7 Å². The number of hydrogen-bond donors (Lipinski definition) is 0. The molecule has 4 nitrogen and oxygen atoms in total. The average molecular weight is 379 g/mol. The number of ether oxygens (including phenoxy) is 1. The molecule has 0 amide bonds. The van der Waals surface area contributed by atoms with Gasteiger partial charge in [0.1, 0.15) is 11.6 Å². The minimum atomic E-state index is -0.308. The van der Waals surface area contributed by atoms with Crippen molar-refractivity contribution in [3.63, 3.8) is 0 Å². The van der Waals surface area contributed by atoms with Gasteiger partial charge in [0.05, 0.1) is 27.8 Å². The monoisotopic (exact) mass is 378 g/mol. The van der Waals surface area contributed by atoms with Crippen LogP contribution < -0.4 is 0 Å². The molecule has 0 fully saturated rings. The second-order valence-corrected chi connectivity index (χ2v) is 7.26. The van der Waals surface area contributed by atoms with Crippen LogP contribution in [0.5, 0.6) is 0 Å². The van der Waals surface area contributed by atoms with Crippen LogP contribution in [0.4, 0.5) is 0 Å².